The maximum atomic E-state index is 14.6. The lowest BCUT2D eigenvalue weighted by Crippen LogP contribution is -2.46. The van der Waals surface area contributed by atoms with Gasteiger partial charge in [0.05, 0.1) is 6.54 Å². The summed E-state index contributed by atoms with van der Waals surface area (Å²) in [6, 6.07) is 16.2. The Morgan fingerprint density at radius 1 is 1.06 bits per heavy atom. The van der Waals surface area contributed by atoms with Crippen LogP contribution in [0.15, 0.2) is 71.2 Å². The summed E-state index contributed by atoms with van der Waals surface area (Å²) in [5.41, 5.74) is 0.643. The molecule has 2 amide bonds. The minimum absolute atomic E-state index is 0.257. The van der Waals surface area contributed by atoms with Crippen molar-refractivity contribution in [1.82, 2.24) is 4.90 Å². The smallest absolute Gasteiger partial charge is 0.265 e. The average Bonchev–Trinajstić information content (AvgIpc) is 2.91. The van der Waals surface area contributed by atoms with E-state index in [4.69, 9.17) is 4.74 Å². The molecule has 3 aromatic carbocycles. The van der Waals surface area contributed by atoms with Crippen LogP contribution in [0, 0.1) is 17.6 Å². The van der Waals surface area contributed by atoms with Crippen LogP contribution < -0.4 is 10.1 Å². The summed E-state index contributed by atoms with van der Waals surface area (Å²) in [4.78, 5) is 28.5. The van der Waals surface area contributed by atoms with Crippen LogP contribution in [0.1, 0.15) is 31.0 Å². The molecule has 1 aliphatic heterocycles. The van der Waals surface area contributed by atoms with Crippen LogP contribution in [0.3, 0.4) is 0 Å². The van der Waals surface area contributed by atoms with Crippen molar-refractivity contribution >= 4 is 33.4 Å². The molecule has 2 unspecified atom stereocenters. The molecule has 1 N–H and O–H groups in total. The van der Waals surface area contributed by atoms with E-state index in [1.807, 2.05) is 19.9 Å². The highest BCUT2D eigenvalue weighted by molar-refractivity contribution is 9.10. The molecule has 4 rings (SSSR count). The average molecular weight is 529 g/mol. The third-order valence-electron chi connectivity index (χ3n) is 5.64. The van der Waals surface area contributed by atoms with Crippen LogP contribution in [0.25, 0.3) is 0 Å². The standard InChI is InChI=1S/C26H23BrF2N2O3/c1-15(2)24-26(33)31(14-19-20(28)9-6-10-21(19)29)23(18-13-16(27)11-12-22(18)34-24)25(32)30-17-7-4-3-5-8-17/h3-13,15,23-24H,14H2,1-2H3,(H,30,32). The summed E-state index contributed by atoms with van der Waals surface area (Å²) in [5, 5.41) is 2.82. The first kappa shape index (κ1) is 23.9. The van der Waals surface area contributed by atoms with Gasteiger partial charge in [0.2, 0.25) is 0 Å². The lowest BCUT2D eigenvalue weighted by Gasteiger charge is -2.31. The summed E-state index contributed by atoms with van der Waals surface area (Å²) in [5.74, 6) is -2.54. The van der Waals surface area contributed by atoms with Gasteiger partial charge in [0.25, 0.3) is 11.8 Å². The van der Waals surface area contributed by atoms with Gasteiger partial charge in [-0.05, 0) is 48.4 Å². The minimum atomic E-state index is -1.19. The molecule has 176 valence electrons. The fraction of sp³-hybridized carbons (Fsp3) is 0.231. The quantitative estimate of drug-likeness (QED) is 0.451. The molecule has 0 aliphatic carbocycles. The number of carbonyl (C=O) groups excluding carboxylic acids is 2. The zero-order chi connectivity index (χ0) is 24.4. The second kappa shape index (κ2) is 9.93. The summed E-state index contributed by atoms with van der Waals surface area (Å²) in [7, 11) is 0. The van der Waals surface area contributed by atoms with Crippen molar-refractivity contribution in [1.29, 1.82) is 0 Å². The van der Waals surface area contributed by atoms with Crippen LogP contribution in [0.2, 0.25) is 0 Å². The monoisotopic (exact) mass is 528 g/mol. The molecular formula is C26H23BrF2N2O3. The normalized spacial score (nSPS) is 17.7. The Balaban J connectivity index is 1.86. The molecule has 0 saturated heterocycles. The first-order valence-corrected chi connectivity index (χ1v) is 11.6. The molecule has 3 aromatic rings. The highest BCUT2D eigenvalue weighted by Gasteiger charge is 2.42. The molecule has 1 aliphatic rings. The van der Waals surface area contributed by atoms with Crippen LogP contribution in [0.5, 0.6) is 5.75 Å². The van der Waals surface area contributed by atoms with Crippen molar-refractivity contribution in [2.24, 2.45) is 5.92 Å². The number of amides is 2. The van der Waals surface area contributed by atoms with Gasteiger partial charge in [-0.25, -0.2) is 8.78 Å². The molecule has 2 atom stereocenters. The highest BCUT2D eigenvalue weighted by atomic mass is 79.9. The van der Waals surface area contributed by atoms with E-state index in [2.05, 4.69) is 21.2 Å². The van der Waals surface area contributed by atoms with Gasteiger partial charge in [-0.2, -0.15) is 0 Å². The number of carbonyl (C=O) groups is 2. The predicted octanol–water partition coefficient (Wildman–Crippen LogP) is 5.85. The summed E-state index contributed by atoms with van der Waals surface area (Å²) < 4.78 is 35.9. The van der Waals surface area contributed by atoms with Crippen molar-refractivity contribution in [2.45, 2.75) is 32.5 Å². The molecular weight excluding hydrogens is 506 g/mol. The first-order valence-electron chi connectivity index (χ1n) is 10.8. The lowest BCUT2D eigenvalue weighted by molar-refractivity contribution is -0.146. The molecule has 5 nitrogen and oxygen atoms in total. The Hall–Kier alpha value is -3.26. The van der Waals surface area contributed by atoms with Crippen molar-refractivity contribution in [3.8, 4) is 5.75 Å². The fourth-order valence-electron chi connectivity index (χ4n) is 3.95. The lowest BCUT2D eigenvalue weighted by atomic mass is 10.0. The number of anilines is 1. The number of fused-ring (bicyclic) bond motifs is 1. The first-order chi connectivity index (χ1) is 16.3. The van der Waals surface area contributed by atoms with Gasteiger partial charge in [0.1, 0.15) is 23.4 Å². The van der Waals surface area contributed by atoms with E-state index in [0.717, 1.165) is 12.1 Å². The van der Waals surface area contributed by atoms with E-state index in [-0.39, 0.29) is 11.5 Å². The maximum absolute atomic E-state index is 14.6. The third kappa shape index (κ3) is 4.82. The fourth-order valence-corrected chi connectivity index (χ4v) is 4.32. The molecule has 8 heteroatoms. The largest absolute Gasteiger partial charge is 0.480 e. The van der Waals surface area contributed by atoms with Crippen molar-refractivity contribution in [2.75, 3.05) is 5.32 Å². The Morgan fingerprint density at radius 3 is 2.38 bits per heavy atom. The maximum Gasteiger partial charge on any atom is 0.265 e. The number of nitrogens with zero attached hydrogens (tertiary/aromatic N) is 1. The number of halogens is 3. The number of para-hydroxylation sites is 1. The zero-order valence-electron chi connectivity index (χ0n) is 18.6. The second-order valence-corrected chi connectivity index (χ2v) is 9.30. The number of benzene rings is 3. The Morgan fingerprint density at radius 2 is 1.74 bits per heavy atom. The second-order valence-electron chi connectivity index (χ2n) is 8.39. The molecule has 34 heavy (non-hydrogen) atoms. The van der Waals surface area contributed by atoms with Crippen LogP contribution in [-0.4, -0.2) is 22.8 Å². The van der Waals surface area contributed by atoms with E-state index in [0.29, 0.717) is 21.5 Å². The molecule has 0 radical (unpaired) electrons. The summed E-state index contributed by atoms with van der Waals surface area (Å²) in [6.07, 6.45) is -0.940. The molecule has 0 bridgehead atoms. The molecule has 1 heterocycles. The highest BCUT2D eigenvalue weighted by Crippen LogP contribution is 2.39. The van der Waals surface area contributed by atoms with Gasteiger partial charge in [-0.15, -0.1) is 0 Å². The number of nitrogens with one attached hydrogen (secondary N) is 1. The van der Waals surface area contributed by atoms with Crippen molar-refractivity contribution < 1.29 is 23.1 Å². The topological polar surface area (TPSA) is 58.6 Å². The predicted molar refractivity (Wildman–Crippen MR) is 128 cm³/mol. The van der Waals surface area contributed by atoms with Crippen molar-refractivity contribution in [3.63, 3.8) is 0 Å². The zero-order valence-corrected chi connectivity index (χ0v) is 20.2. The number of hydrogen-bond donors (Lipinski definition) is 1. The van der Waals surface area contributed by atoms with Gasteiger partial charge in [0, 0.05) is 21.3 Å². The molecule has 0 fully saturated rings. The number of hydrogen-bond acceptors (Lipinski definition) is 3. The minimum Gasteiger partial charge on any atom is -0.480 e. The van der Waals surface area contributed by atoms with Gasteiger partial charge in [-0.3, -0.25) is 9.59 Å². The molecule has 0 spiro atoms. The van der Waals surface area contributed by atoms with E-state index in [1.54, 1.807) is 42.5 Å². The van der Waals surface area contributed by atoms with E-state index in [9.17, 15) is 18.4 Å². The van der Waals surface area contributed by atoms with Gasteiger partial charge < -0.3 is 15.0 Å². The molecule has 0 saturated carbocycles. The van der Waals surface area contributed by atoms with E-state index in [1.165, 1.54) is 11.0 Å². The van der Waals surface area contributed by atoms with Gasteiger partial charge in [-0.1, -0.05) is 54.0 Å². The summed E-state index contributed by atoms with van der Waals surface area (Å²) >= 11 is 3.42. The number of ether oxygens (including phenoxy) is 1. The van der Waals surface area contributed by atoms with Gasteiger partial charge in [0.15, 0.2) is 6.10 Å². The van der Waals surface area contributed by atoms with Crippen molar-refractivity contribution in [3.05, 3.63) is 94.0 Å². The van der Waals surface area contributed by atoms with Crippen LogP contribution in [-0.2, 0) is 16.1 Å². The van der Waals surface area contributed by atoms with E-state index < -0.39 is 42.1 Å². The molecule has 0 aromatic heterocycles. The van der Waals surface area contributed by atoms with E-state index >= 15 is 0 Å². The Bertz CT molecular complexity index is 1200. The Kier molecular flexibility index (Phi) is 6.97. The van der Waals surface area contributed by atoms with Gasteiger partial charge >= 0.3 is 0 Å². The third-order valence-corrected chi connectivity index (χ3v) is 6.14. The Labute approximate surface area is 204 Å². The van der Waals surface area contributed by atoms with Crippen LogP contribution >= 0.6 is 15.9 Å². The number of rotatable bonds is 5. The summed E-state index contributed by atoms with van der Waals surface area (Å²) in [6.45, 7) is 3.18. The van der Waals surface area contributed by atoms with Crippen LogP contribution in [0.4, 0.5) is 14.5 Å². The SMILES string of the molecule is CC(C)C1Oc2ccc(Br)cc2C(C(=O)Nc2ccccc2)N(Cc2c(F)cccc2F)C1=O.